The Morgan fingerprint density at radius 3 is 2.57 bits per heavy atom. The molecule has 1 aliphatic carbocycles. The molecule has 1 spiro atoms. The summed E-state index contributed by atoms with van der Waals surface area (Å²) in [5.74, 6) is 5.95. The zero-order valence-corrected chi connectivity index (χ0v) is 12.5. The van der Waals surface area contributed by atoms with E-state index in [9.17, 15) is 4.79 Å². The first kappa shape index (κ1) is 14.3. The smallest absolute Gasteiger partial charge is 0.257 e. The monoisotopic (exact) mass is 288 g/mol. The van der Waals surface area contributed by atoms with E-state index in [1.165, 1.54) is 32.1 Å². The topological polar surface area (TPSA) is 71.2 Å². The Balaban J connectivity index is 1.67. The van der Waals surface area contributed by atoms with Gasteiger partial charge in [0.15, 0.2) is 5.82 Å². The molecule has 1 amide bonds. The lowest BCUT2D eigenvalue weighted by molar-refractivity contribution is 0.0472. The maximum atomic E-state index is 12.6. The molecular weight excluding hydrogens is 264 g/mol. The number of hydrogen-bond donors (Lipinski definition) is 2. The van der Waals surface area contributed by atoms with E-state index in [-0.39, 0.29) is 5.91 Å². The normalized spacial score (nSPS) is 21.3. The van der Waals surface area contributed by atoms with Crippen LogP contribution in [0.2, 0.25) is 0 Å². The second-order valence-corrected chi connectivity index (χ2v) is 6.40. The predicted octanol–water partition coefficient (Wildman–Crippen LogP) is 2.55. The third kappa shape index (κ3) is 2.88. The molecule has 5 nitrogen and oxygen atoms in total. The van der Waals surface area contributed by atoms with E-state index in [0.717, 1.165) is 25.9 Å². The number of nitrogens with one attached hydrogen (secondary N) is 1. The predicted molar refractivity (Wildman–Crippen MR) is 82.7 cm³/mol. The Labute approximate surface area is 125 Å². The third-order valence-electron chi connectivity index (χ3n) is 5.20. The lowest BCUT2D eigenvalue weighted by Crippen LogP contribution is -2.44. The molecular formula is C16H24N4O. The van der Waals surface area contributed by atoms with E-state index >= 15 is 0 Å². The fraction of sp³-hybridized carbons (Fsp3) is 0.625. The van der Waals surface area contributed by atoms with Gasteiger partial charge in [0.1, 0.15) is 0 Å². The van der Waals surface area contributed by atoms with Gasteiger partial charge in [0.25, 0.3) is 5.91 Å². The number of amides is 1. The van der Waals surface area contributed by atoms with Crippen LogP contribution >= 0.6 is 0 Å². The molecule has 0 radical (unpaired) electrons. The Bertz CT molecular complexity index is 501. The molecule has 3 N–H and O–H groups in total. The molecule has 5 heteroatoms. The van der Waals surface area contributed by atoms with Crippen LogP contribution < -0.4 is 11.3 Å². The Morgan fingerprint density at radius 2 is 1.90 bits per heavy atom. The number of carbonyl (C=O) groups excluding carboxylic acids is 1. The highest BCUT2D eigenvalue weighted by Gasteiger charge is 2.37. The maximum Gasteiger partial charge on any atom is 0.257 e. The van der Waals surface area contributed by atoms with Gasteiger partial charge in [-0.25, -0.2) is 10.8 Å². The van der Waals surface area contributed by atoms with E-state index < -0.39 is 0 Å². The van der Waals surface area contributed by atoms with Crippen LogP contribution in [-0.4, -0.2) is 28.9 Å². The highest BCUT2D eigenvalue weighted by Crippen LogP contribution is 2.44. The van der Waals surface area contributed by atoms with Crippen LogP contribution in [0.25, 0.3) is 0 Å². The van der Waals surface area contributed by atoms with Crippen LogP contribution in [0.3, 0.4) is 0 Å². The van der Waals surface area contributed by atoms with Crippen molar-refractivity contribution in [2.45, 2.75) is 44.9 Å². The minimum absolute atomic E-state index is 0.0432. The molecule has 0 bridgehead atoms. The summed E-state index contributed by atoms with van der Waals surface area (Å²) in [7, 11) is 0. The maximum absolute atomic E-state index is 12.6. The second kappa shape index (κ2) is 6.02. The standard InChI is InChI=1S/C16H24N4O/c17-19-14-13(5-4-10-18-14)15(21)20-11-8-16(9-12-20)6-2-1-3-7-16/h4-5,10H,1-3,6-9,11-12,17H2,(H,18,19). The first-order valence-corrected chi connectivity index (χ1v) is 7.95. The summed E-state index contributed by atoms with van der Waals surface area (Å²) in [4.78, 5) is 18.7. The summed E-state index contributed by atoms with van der Waals surface area (Å²) in [6.45, 7) is 1.72. The van der Waals surface area contributed by atoms with Crippen molar-refractivity contribution in [3.8, 4) is 0 Å². The fourth-order valence-corrected chi connectivity index (χ4v) is 3.85. The summed E-state index contributed by atoms with van der Waals surface area (Å²) in [6, 6.07) is 3.57. The van der Waals surface area contributed by atoms with Crippen LogP contribution in [0, 0.1) is 5.41 Å². The number of aromatic nitrogens is 1. The van der Waals surface area contributed by atoms with Crippen molar-refractivity contribution in [2.24, 2.45) is 11.3 Å². The molecule has 1 saturated heterocycles. The second-order valence-electron chi connectivity index (χ2n) is 6.40. The highest BCUT2D eigenvalue weighted by atomic mass is 16.2. The van der Waals surface area contributed by atoms with Crippen molar-refractivity contribution in [2.75, 3.05) is 18.5 Å². The van der Waals surface area contributed by atoms with Crippen LogP contribution in [0.5, 0.6) is 0 Å². The minimum atomic E-state index is 0.0432. The number of likely N-dealkylation sites (tertiary alicyclic amines) is 1. The first-order chi connectivity index (χ1) is 10.2. The lowest BCUT2D eigenvalue weighted by atomic mass is 9.68. The van der Waals surface area contributed by atoms with Gasteiger partial charge in [-0.15, -0.1) is 0 Å². The van der Waals surface area contributed by atoms with Gasteiger partial charge in [0.05, 0.1) is 5.56 Å². The molecule has 1 aliphatic heterocycles. The van der Waals surface area contributed by atoms with Gasteiger partial charge in [-0.1, -0.05) is 19.3 Å². The van der Waals surface area contributed by atoms with Crippen LogP contribution in [-0.2, 0) is 0 Å². The quantitative estimate of drug-likeness (QED) is 0.648. The number of pyridine rings is 1. The molecule has 0 unspecified atom stereocenters. The van der Waals surface area contributed by atoms with Crippen molar-refractivity contribution in [1.29, 1.82) is 0 Å². The summed E-state index contributed by atoms with van der Waals surface area (Å²) in [5.41, 5.74) is 3.60. The van der Waals surface area contributed by atoms with Crippen molar-refractivity contribution in [3.05, 3.63) is 23.9 Å². The third-order valence-corrected chi connectivity index (χ3v) is 5.20. The molecule has 1 aromatic heterocycles. The van der Waals surface area contributed by atoms with Crippen molar-refractivity contribution in [3.63, 3.8) is 0 Å². The number of rotatable bonds is 2. The first-order valence-electron chi connectivity index (χ1n) is 7.95. The van der Waals surface area contributed by atoms with E-state index in [2.05, 4.69) is 10.4 Å². The van der Waals surface area contributed by atoms with Gasteiger partial charge in [-0.05, 0) is 43.2 Å². The Kier molecular flexibility index (Phi) is 4.10. The van der Waals surface area contributed by atoms with Gasteiger partial charge < -0.3 is 10.3 Å². The zero-order valence-electron chi connectivity index (χ0n) is 12.5. The minimum Gasteiger partial charge on any atom is -0.338 e. The number of piperidine rings is 1. The molecule has 0 aromatic carbocycles. The number of anilines is 1. The summed E-state index contributed by atoms with van der Waals surface area (Å²) in [5, 5.41) is 0. The van der Waals surface area contributed by atoms with Gasteiger partial charge in [-0.2, -0.15) is 0 Å². The van der Waals surface area contributed by atoms with Crippen molar-refractivity contribution >= 4 is 11.7 Å². The number of hydrogen-bond acceptors (Lipinski definition) is 4. The Morgan fingerprint density at radius 1 is 1.19 bits per heavy atom. The number of carbonyl (C=O) groups is 1. The molecule has 0 atom stereocenters. The van der Waals surface area contributed by atoms with Gasteiger partial charge in [-0.3, -0.25) is 4.79 Å². The molecule has 1 saturated carbocycles. The fourth-order valence-electron chi connectivity index (χ4n) is 3.85. The van der Waals surface area contributed by atoms with Crippen molar-refractivity contribution < 1.29 is 4.79 Å². The van der Waals surface area contributed by atoms with Crippen LogP contribution in [0.1, 0.15) is 55.3 Å². The summed E-state index contributed by atoms with van der Waals surface area (Å²) in [6.07, 6.45) is 10.7. The molecule has 3 rings (SSSR count). The van der Waals surface area contributed by atoms with E-state index in [0.29, 0.717) is 16.8 Å². The SMILES string of the molecule is NNc1ncccc1C(=O)N1CCC2(CCCCC2)CC1. The van der Waals surface area contributed by atoms with Crippen molar-refractivity contribution in [1.82, 2.24) is 9.88 Å². The van der Waals surface area contributed by atoms with Gasteiger partial charge in [0.2, 0.25) is 0 Å². The molecule has 2 fully saturated rings. The Hall–Kier alpha value is -1.62. The van der Waals surface area contributed by atoms with E-state index in [1.807, 2.05) is 4.90 Å². The average Bonchev–Trinajstić information content (AvgIpc) is 2.56. The summed E-state index contributed by atoms with van der Waals surface area (Å²) >= 11 is 0. The highest BCUT2D eigenvalue weighted by molar-refractivity contribution is 5.98. The average molecular weight is 288 g/mol. The molecule has 1 aromatic rings. The molecule has 114 valence electrons. The summed E-state index contributed by atoms with van der Waals surface area (Å²) < 4.78 is 0. The zero-order chi connectivity index (χ0) is 14.7. The van der Waals surface area contributed by atoms with Crippen LogP contribution in [0.15, 0.2) is 18.3 Å². The number of nitrogen functional groups attached to an aromatic ring is 1. The number of hydrazine groups is 1. The number of nitrogens with zero attached hydrogens (tertiary/aromatic N) is 2. The van der Waals surface area contributed by atoms with Gasteiger partial charge >= 0.3 is 0 Å². The molecule has 2 aliphatic rings. The molecule has 2 heterocycles. The molecule has 21 heavy (non-hydrogen) atoms. The van der Waals surface area contributed by atoms with Crippen LogP contribution in [0.4, 0.5) is 5.82 Å². The van der Waals surface area contributed by atoms with E-state index in [1.54, 1.807) is 18.3 Å². The number of nitrogens with two attached hydrogens (primary N) is 1. The van der Waals surface area contributed by atoms with E-state index in [4.69, 9.17) is 5.84 Å². The van der Waals surface area contributed by atoms with Gasteiger partial charge in [0, 0.05) is 19.3 Å². The lowest BCUT2D eigenvalue weighted by Gasteiger charge is -2.44. The largest absolute Gasteiger partial charge is 0.338 e.